The number of thioether (sulfide) groups is 4. The highest BCUT2D eigenvalue weighted by Crippen LogP contribution is 2.51. The quantitative estimate of drug-likeness (QED) is 0.669. The second kappa shape index (κ2) is 4.58. The van der Waals surface area contributed by atoms with Crippen LogP contribution in [0.25, 0.3) is 0 Å². The smallest absolute Gasteiger partial charge is 0.108 e. The zero-order valence-electron chi connectivity index (χ0n) is 6.25. The van der Waals surface area contributed by atoms with E-state index in [0.29, 0.717) is 0 Å². The summed E-state index contributed by atoms with van der Waals surface area (Å²) < 4.78 is 2.51. The molecule has 11 heavy (non-hydrogen) atoms. The van der Waals surface area contributed by atoms with E-state index in [2.05, 4.69) is 47.0 Å². The lowest BCUT2D eigenvalue weighted by Crippen LogP contribution is -2.09. The minimum Gasteiger partial charge on any atom is -0.145 e. The monoisotopic (exact) mass is 223 g/mol. The van der Waals surface area contributed by atoms with Gasteiger partial charge in [-0.1, -0.05) is 0 Å². The summed E-state index contributed by atoms with van der Waals surface area (Å²) in [6.07, 6.45) is 1.41. The lowest BCUT2D eigenvalue weighted by Gasteiger charge is -2.24. The van der Waals surface area contributed by atoms with Crippen LogP contribution in [0.4, 0.5) is 0 Å². The van der Waals surface area contributed by atoms with Crippen LogP contribution in [0.3, 0.4) is 0 Å². The summed E-state index contributed by atoms with van der Waals surface area (Å²) in [6, 6.07) is 0. The van der Waals surface area contributed by atoms with Crippen LogP contribution < -0.4 is 0 Å². The van der Waals surface area contributed by atoms with E-state index in [4.69, 9.17) is 0 Å². The molecule has 0 spiro atoms. The van der Waals surface area contributed by atoms with Crippen molar-refractivity contribution in [3.05, 3.63) is 4.58 Å². The van der Waals surface area contributed by atoms with Crippen LogP contribution in [0.1, 0.15) is 6.42 Å². The van der Waals surface area contributed by atoms with Gasteiger partial charge in [-0.2, -0.15) is 0 Å². The van der Waals surface area contributed by atoms with Crippen molar-refractivity contribution in [2.45, 2.75) is 11.0 Å². The van der Waals surface area contributed by atoms with Gasteiger partial charge in [-0.15, -0.1) is 47.0 Å². The summed E-state index contributed by atoms with van der Waals surface area (Å²) >= 11 is 8.46. The van der Waals surface area contributed by atoms with Crippen LogP contribution in [-0.4, -0.2) is 27.6 Å². The molecular formula is C7H11S4. The molecule has 63 valence electrons. The molecular weight excluding hydrogens is 212 g/mol. The van der Waals surface area contributed by atoms with Crippen molar-refractivity contribution >= 4 is 47.0 Å². The molecule has 0 saturated carbocycles. The fourth-order valence-corrected chi connectivity index (χ4v) is 7.36. The van der Waals surface area contributed by atoms with Crippen molar-refractivity contribution < 1.29 is 0 Å². The average Bonchev–Trinajstić information content (AvgIpc) is 2.58. The van der Waals surface area contributed by atoms with Crippen LogP contribution in [0.15, 0.2) is 0 Å². The molecule has 4 heteroatoms. The predicted molar refractivity (Wildman–Crippen MR) is 61.5 cm³/mol. The Bertz CT molecular complexity index is 116. The largest absolute Gasteiger partial charge is 0.145 e. The third-order valence-corrected chi connectivity index (χ3v) is 7.95. The molecule has 0 amide bonds. The van der Waals surface area contributed by atoms with Crippen molar-refractivity contribution in [3.8, 4) is 0 Å². The summed E-state index contributed by atoms with van der Waals surface area (Å²) in [4.78, 5) is 0. The van der Waals surface area contributed by atoms with Crippen LogP contribution in [0.5, 0.6) is 0 Å². The van der Waals surface area contributed by atoms with Gasteiger partial charge in [-0.05, 0) is 17.9 Å². The van der Waals surface area contributed by atoms with E-state index in [0.717, 1.165) is 4.58 Å². The minimum atomic E-state index is 0.821. The van der Waals surface area contributed by atoms with E-state index in [1.807, 2.05) is 0 Å². The van der Waals surface area contributed by atoms with Gasteiger partial charge >= 0.3 is 0 Å². The number of hydrogen-bond donors (Lipinski definition) is 0. The predicted octanol–water partition coefficient (Wildman–Crippen LogP) is 3.15. The molecule has 2 aliphatic heterocycles. The SMILES string of the molecule is C1CSC([C]2SCCS2)SC1. The Hall–Kier alpha value is 1.40. The highest BCUT2D eigenvalue weighted by molar-refractivity contribution is 8.28. The molecule has 2 heterocycles. The molecule has 0 N–H and O–H groups in total. The van der Waals surface area contributed by atoms with E-state index < -0.39 is 0 Å². The topological polar surface area (TPSA) is 0 Å². The fraction of sp³-hybridized carbons (Fsp3) is 0.857. The van der Waals surface area contributed by atoms with Gasteiger partial charge in [0.2, 0.25) is 0 Å². The summed E-state index contributed by atoms with van der Waals surface area (Å²) in [6.45, 7) is 0. The van der Waals surface area contributed by atoms with Gasteiger partial charge in [0.05, 0.1) is 4.58 Å². The molecule has 2 saturated heterocycles. The molecule has 1 radical (unpaired) electrons. The van der Waals surface area contributed by atoms with Gasteiger partial charge in [0.25, 0.3) is 0 Å². The van der Waals surface area contributed by atoms with Crippen molar-refractivity contribution in [2.75, 3.05) is 23.0 Å². The van der Waals surface area contributed by atoms with E-state index in [-0.39, 0.29) is 0 Å². The maximum atomic E-state index is 2.14. The Morgan fingerprint density at radius 3 is 2.18 bits per heavy atom. The van der Waals surface area contributed by atoms with Gasteiger partial charge in [0.1, 0.15) is 4.58 Å². The van der Waals surface area contributed by atoms with Crippen LogP contribution in [-0.2, 0) is 0 Å². The Morgan fingerprint density at radius 1 is 0.909 bits per heavy atom. The molecule has 2 rings (SSSR count). The molecule has 2 fully saturated rings. The summed E-state index contributed by atoms with van der Waals surface area (Å²) in [5.41, 5.74) is 0. The molecule has 0 aliphatic carbocycles. The molecule has 0 nitrogen and oxygen atoms in total. The van der Waals surface area contributed by atoms with Gasteiger partial charge in [0.15, 0.2) is 0 Å². The first kappa shape index (κ1) is 8.97. The third kappa shape index (κ3) is 2.42. The van der Waals surface area contributed by atoms with E-state index in [1.165, 1.54) is 29.4 Å². The Kier molecular flexibility index (Phi) is 3.74. The van der Waals surface area contributed by atoms with Crippen molar-refractivity contribution in [2.24, 2.45) is 0 Å². The highest BCUT2D eigenvalue weighted by atomic mass is 32.2. The lowest BCUT2D eigenvalue weighted by molar-refractivity contribution is 1.11. The van der Waals surface area contributed by atoms with Gasteiger partial charge in [-0.25, -0.2) is 0 Å². The summed E-state index contributed by atoms with van der Waals surface area (Å²) in [5, 5.41) is 0. The van der Waals surface area contributed by atoms with Crippen molar-refractivity contribution in [1.29, 1.82) is 0 Å². The second-order valence-electron chi connectivity index (χ2n) is 2.44. The number of rotatable bonds is 1. The minimum absolute atomic E-state index is 0.821. The zero-order valence-corrected chi connectivity index (χ0v) is 9.51. The van der Waals surface area contributed by atoms with E-state index in [9.17, 15) is 0 Å². The third-order valence-electron chi connectivity index (χ3n) is 1.59. The molecule has 0 unspecified atom stereocenters. The maximum absolute atomic E-state index is 2.14. The van der Waals surface area contributed by atoms with Crippen LogP contribution >= 0.6 is 47.0 Å². The average molecular weight is 223 g/mol. The van der Waals surface area contributed by atoms with Gasteiger partial charge < -0.3 is 0 Å². The van der Waals surface area contributed by atoms with E-state index in [1.54, 1.807) is 4.58 Å². The zero-order chi connectivity index (χ0) is 7.52. The maximum Gasteiger partial charge on any atom is 0.108 e. The molecule has 0 aromatic carbocycles. The first-order valence-electron chi connectivity index (χ1n) is 3.82. The van der Waals surface area contributed by atoms with Crippen molar-refractivity contribution in [1.82, 2.24) is 0 Å². The Labute approximate surface area is 85.4 Å². The van der Waals surface area contributed by atoms with Crippen LogP contribution in [0, 0.1) is 4.58 Å². The Morgan fingerprint density at radius 2 is 1.55 bits per heavy atom. The fourth-order valence-electron chi connectivity index (χ4n) is 1.09. The number of hydrogen-bond acceptors (Lipinski definition) is 4. The highest BCUT2D eigenvalue weighted by Gasteiger charge is 2.29. The summed E-state index contributed by atoms with van der Waals surface area (Å²) in [7, 11) is 0. The Balaban J connectivity index is 1.82. The van der Waals surface area contributed by atoms with Gasteiger partial charge in [0, 0.05) is 11.5 Å². The standard InChI is InChI=1S/C7H11S4/c1-2-8-6(9-3-1)7-10-4-5-11-7/h6H,1-5H2. The van der Waals surface area contributed by atoms with E-state index >= 15 is 0 Å². The molecule has 0 aromatic heterocycles. The second-order valence-corrected chi connectivity index (χ2v) is 7.70. The van der Waals surface area contributed by atoms with Crippen molar-refractivity contribution in [3.63, 3.8) is 0 Å². The molecule has 0 bridgehead atoms. The lowest BCUT2D eigenvalue weighted by atomic mass is 10.6. The summed E-state index contributed by atoms with van der Waals surface area (Å²) in [5.74, 6) is 5.44. The normalized spacial score (nSPS) is 29.5. The molecule has 0 atom stereocenters. The van der Waals surface area contributed by atoms with Gasteiger partial charge in [-0.3, -0.25) is 0 Å². The first-order chi connectivity index (χ1) is 5.47. The first-order valence-corrected chi connectivity index (χ1v) is 7.89. The van der Waals surface area contributed by atoms with Crippen LogP contribution in [0.2, 0.25) is 0 Å². The molecule has 2 aliphatic rings. The molecule has 0 aromatic rings.